The zero-order valence-corrected chi connectivity index (χ0v) is 11.6. The number of hydrogen-bond donors (Lipinski definition) is 1. The summed E-state index contributed by atoms with van der Waals surface area (Å²) in [5.74, 6) is 0. The average Bonchev–Trinajstić information content (AvgIpc) is 2.86. The molecule has 4 heteroatoms. The Balaban J connectivity index is 2.31. The van der Waals surface area contributed by atoms with Gasteiger partial charge in [-0.05, 0) is 37.1 Å². The first kappa shape index (κ1) is 12.8. The highest BCUT2D eigenvalue weighted by Gasteiger charge is 2.19. The molecule has 1 atom stereocenters. The number of hydrogen-bond acceptors (Lipinski definition) is 3. The van der Waals surface area contributed by atoms with Crippen molar-refractivity contribution < 1.29 is 5.11 Å². The van der Waals surface area contributed by atoms with E-state index >= 15 is 0 Å². The molecule has 1 unspecified atom stereocenters. The highest BCUT2D eigenvalue weighted by atomic mass is 16.3. The molecule has 3 aromatic heterocycles. The van der Waals surface area contributed by atoms with Gasteiger partial charge in [-0.3, -0.25) is 4.98 Å². The summed E-state index contributed by atoms with van der Waals surface area (Å²) in [6, 6.07) is 7.85. The van der Waals surface area contributed by atoms with E-state index in [2.05, 4.69) is 9.97 Å². The molecule has 3 rings (SSSR count). The second kappa shape index (κ2) is 5.06. The molecule has 4 nitrogen and oxygen atoms in total. The van der Waals surface area contributed by atoms with Crippen LogP contribution >= 0.6 is 0 Å². The van der Waals surface area contributed by atoms with Gasteiger partial charge in [0, 0.05) is 24.2 Å². The van der Waals surface area contributed by atoms with E-state index in [0.717, 1.165) is 28.2 Å². The summed E-state index contributed by atoms with van der Waals surface area (Å²) in [6.45, 7) is 4.00. The molecule has 0 spiro atoms. The van der Waals surface area contributed by atoms with E-state index in [1.807, 2.05) is 48.7 Å². The van der Waals surface area contributed by atoms with Crippen LogP contribution in [0.15, 0.2) is 42.9 Å². The van der Waals surface area contributed by atoms with Crippen molar-refractivity contribution in [3.63, 3.8) is 0 Å². The van der Waals surface area contributed by atoms with Crippen LogP contribution in [0.2, 0.25) is 0 Å². The van der Waals surface area contributed by atoms with Gasteiger partial charge in [0.05, 0.1) is 17.5 Å². The molecule has 0 saturated carbocycles. The fourth-order valence-corrected chi connectivity index (χ4v) is 2.40. The van der Waals surface area contributed by atoms with Gasteiger partial charge in [-0.1, -0.05) is 13.0 Å². The Morgan fingerprint density at radius 2 is 2.15 bits per heavy atom. The number of pyridine rings is 2. The molecule has 0 saturated heterocycles. The van der Waals surface area contributed by atoms with Crippen LogP contribution in [0.3, 0.4) is 0 Å². The second-order valence-corrected chi connectivity index (χ2v) is 4.95. The molecule has 0 fully saturated rings. The quantitative estimate of drug-likeness (QED) is 0.793. The maximum absolute atomic E-state index is 10.4. The molecule has 102 valence electrons. The van der Waals surface area contributed by atoms with Gasteiger partial charge in [0.1, 0.15) is 5.65 Å². The van der Waals surface area contributed by atoms with Crippen molar-refractivity contribution >= 4 is 5.65 Å². The van der Waals surface area contributed by atoms with Gasteiger partial charge in [-0.15, -0.1) is 0 Å². The van der Waals surface area contributed by atoms with Gasteiger partial charge in [0.25, 0.3) is 0 Å². The number of rotatable bonds is 3. The summed E-state index contributed by atoms with van der Waals surface area (Å²) in [5, 5.41) is 10.4. The standard InChI is InChI=1S/C16H17N3O/c1-3-13(20)16-15(12-5-4-8-17-9-12)18-14-7-6-11(2)10-19(14)16/h4-10,13,20H,3H2,1-2H3. The van der Waals surface area contributed by atoms with Crippen molar-refractivity contribution in [2.75, 3.05) is 0 Å². The smallest absolute Gasteiger partial charge is 0.137 e. The topological polar surface area (TPSA) is 50.4 Å². The number of aromatic nitrogens is 3. The van der Waals surface area contributed by atoms with Crippen molar-refractivity contribution in [2.45, 2.75) is 26.4 Å². The Morgan fingerprint density at radius 3 is 2.85 bits per heavy atom. The molecule has 0 radical (unpaired) electrons. The van der Waals surface area contributed by atoms with E-state index in [9.17, 15) is 5.11 Å². The first-order valence-electron chi connectivity index (χ1n) is 6.77. The fourth-order valence-electron chi connectivity index (χ4n) is 2.40. The molecule has 20 heavy (non-hydrogen) atoms. The lowest BCUT2D eigenvalue weighted by molar-refractivity contribution is 0.168. The molecule has 0 amide bonds. The van der Waals surface area contributed by atoms with E-state index < -0.39 is 6.10 Å². The number of imidazole rings is 1. The molecule has 0 aliphatic carbocycles. The molecule has 1 N–H and O–H groups in total. The number of aliphatic hydroxyl groups excluding tert-OH is 1. The van der Waals surface area contributed by atoms with E-state index in [0.29, 0.717) is 6.42 Å². The number of nitrogens with zero attached hydrogens (tertiary/aromatic N) is 3. The predicted molar refractivity (Wildman–Crippen MR) is 78.4 cm³/mol. The molecule has 0 bridgehead atoms. The summed E-state index contributed by atoms with van der Waals surface area (Å²) < 4.78 is 1.98. The Labute approximate surface area is 117 Å². The van der Waals surface area contributed by atoms with E-state index in [1.165, 1.54) is 0 Å². The van der Waals surface area contributed by atoms with Crippen LogP contribution in [0.1, 0.15) is 30.7 Å². The molecule has 0 aliphatic rings. The lowest BCUT2D eigenvalue weighted by atomic mass is 10.1. The minimum absolute atomic E-state index is 0.540. The van der Waals surface area contributed by atoms with Crippen LogP contribution in [0.4, 0.5) is 0 Å². The summed E-state index contributed by atoms with van der Waals surface area (Å²) in [7, 11) is 0. The van der Waals surface area contributed by atoms with E-state index in [1.54, 1.807) is 12.4 Å². The van der Waals surface area contributed by atoms with Crippen LogP contribution in [0, 0.1) is 6.92 Å². The largest absolute Gasteiger partial charge is 0.387 e. The third kappa shape index (κ3) is 2.08. The van der Waals surface area contributed by atoms with Crippen molar-refractivity contribution in [1.29, 1.82) is 0 Å². The SMILES string of the molecule is CCC(O)c1c(-c2cccnc2)nc2ccc(C)cn12. The summed E-state index contributed by atoms with van der Waals surface area (Å²) in [6.07, 6.45) is 5.63. The molecule has 0 aliphatic heterocycles. The van der Waals surface area contributed by atoms with Gasteiger partial charge >= 0.3 is 0 Å². The maximum atomic E-state index is 10.4. The second-order valence-electron chi connectivity index (χ2n) is 4.95. The van der Waals surface area contributed by atoms with E-state index in [-0.39, 0.29) is 0 Å². The molecule has 3 heterocycles. The number of fused-ring (bicyclic) bond motifs is 1. The third-order valence-electron chi connectivity index (χ3n) is 3.44. The van der Waals surface area contributed by atoms with Gasteiger partial charge in [0.2, 0.25) is 0 Å². The number of aliphatic hydroxyl groups is 1. The highest BCUT2D eigenvalue weighted by Crippen LogP contribution is 2.30. The van der Waals surface area contributed by atoms with Crippen molar-refractivity contribution in [3.8, 4) is 11.3 Å². The highest BCUT2D eigenvalue weighted by molar-refractivity contribution is 5.66. The Morgan fingerprint density at radius 1 is 1.30 bits per heavy atom. The van der Waals surface area contributed by atoms with Crippen LogP contribution < -0.4 is 0 Å². The predicted octanol–water partition coefficient (Wildman–Crippen LogP) is 3.15. The summed E-state index contributed by atoms with van der Waals surface area (Å²) in [4.78, 5) is 8.80. The number of aryl methyl sites for hydroxylation is 1. The summed E-state index contributed by atoms with van der Waals surface area (Å²) >= 11 is 0. The Bertz CT molecular complexity index is 734. The Hall–Kier alpha value is -2.20. The lowest BCUT2D eigenvalue weighted by Crippen LogP contribution is -2.02. The lowest BCUT2D eigenvalue weighted by Gasteiger charge is -2.10. The van der Waals surface area contributed by atoms with Gasteiger partial charge < -0.3 is 9.51 Å². The Kier molecular flexibility index (Phi) is 3.24. The fraction of sp³-hybridized carbons (Fsp3) is 0.250. The molecular formula is C16H17N3O. The molecular weight excluding hydrogens is 250 g/mol. The van der Waals surface area contributed by atoms with Gasteiger partial charge in [0.15, 0.2) is 0 Å². The van der Waals surface area contributed by atoms with Crippen LogP contribution in [0.25, 0.3) is 16.9 Å². The van der Waals surface area contributed by atoms with Gasteiger partial charge in [-0.25, -0.2) is 4.98 Å². The van der Waals surface area contributed by atoms with Crippen LogP contribution in [0.5, 0.6) is 0 Å². The first-order chi connectivity index (χ1) is 9.70. The minimum atomic E-state index is -0.540. The average molecular weight is 267 g/mol. The van der Waals surface area contributed by atoms with E-state index in [4.69, 9.17) is 0 Å². The first-order valence-corrected chi connectivity index (χ1v) is 6.77. The van der Waals surface area contributed by atoms with Crippen LogP contribution in [-0.4, -0.2) is 19.5 Å². The molecule has 0 aromatic carbocycles. The maximum Gasteiger partial charge on any atom is 0.137 e. The normalized spacial score (nSPS) is 12.8. The summed E-state index contributed by atoms with van der Waals surface area (Å²) in [5.41, 5.74) is 4.54. The van der Waals surface area contributed by atoms with Crippen LogP contribution in [-0.2, 0) is 0 Å². The monoisotopic (exact) mass is 267 g/mol. The zero-order valence-electron chi connectivity index (χ0n) is 11.6. The third-order valence-corrected chi connectivity index (χ3v) is 3.44. The minimum Gasteiger partial charge on any atom is -0.387 e. The van der Waals surface area contributed by atoms with Crippen molar-refractivity contribution in [3.05, 3.63) is 54.1 Å². The van der Waals surface area contributed by atoms with Crippen molar-refractivity contribution in [2.24, 2.45) is 0 Å². The van der Waals surface area contributed by atoms with Gasteiger partial charge in [-0.2, -0.15) is 0 Å². The van der Waals surface area contributed by atoms with Crippen molar-refractivity contribution in [1.82, 2.24) is 14.4 Å². The molecule has 3 aromatic rings. The zero-order chi connectivity index (χ0) is 14.1.